The quantitative estimate of drug-likeness (QED) is 0.242. The summed E-state index contributed by atoms with van der Waals surface area (Å²) < 4.78 is 0. The average molecular weight is 576 g/mol. The molecule has 2 atom stereocenters. The van der Waals surface area contributed by atoms with Crippen molar-refractivity contribution in [2.75, 3.05) is 10.6 Å². The maximum atomic E-state index is 13.2. The molecule has 4 aromatic rings. The molecule has 0 bridgehead atoms. The van der Waals surface area contributed by atoms with Gasteiger partial charge in [-0.3, -0.25) is 9.59 Å². The molecule has 0 unspecified atom stereocenters. The van der Waals surface area contributed by atoms with Crippen LogP contribution in [-0.4, -0.2) is 38.8 Å². The normalized spacial score (nSPS) is 16.9. The van der Waals surface area contributed by atoms with Gasteiger partial charge in [0.25, 0.3) is 11.8 Å². The highest BCUT2D eigenvalue weighted by Crippen LogP contribution is 2.30. The van der Waals surface area contributed by atoms with Gasteiger partial charge in [0.15, 0.2) is 0 Å². The molecule has 2 amide bonds. The van der Waals surface area contributed by atoms with Crippen LogP contribution in [0.1, 0.15) is 85.7 Å². The number of likely N-dealkylation sites (tertiary alicyclic amines) is 1. The summed E-state index contributed by atoms with van der Waals surface area (Å²) in [6.07, 6.45) is 4.97. The zero-order chi connectivity index (χ0) is 30.7. The van der Waals surface area contributed by atoms with Crippen molar-refractivity contribution in [2.45, 2.75) is 78.3 Å². The van der Waals surface area contributed by atoms with Gasteiger partial charge in [-0.1, -0.05) is 45.0 Å². The van der Waals surface area contributed by atoms with Crippen molar-refractivity contribution in [1.29, 1.82) is 0 Å². The molecule has 0 aliphatic carbocycles. The summed E-state index contributed by atoms with van der Waals surface area (Å²) in [5, 5.41) is 6.33. The lowest BCUT2D eigenvalue weighted by Crippen LogP contribution is -2.47. The second-order valence-electron chi connectivity index (χ2n) is 12.6. The molecule has 2 N–H and O–H groups in total. The van der Waals surface area contributed by atoms with Crippen molar-refractivity contribution in [3.05, 3.63) is 101 Å². The van der Waals surface area contributed by atoms with E-state index in [2.05, 4.69) is 50.2 Å². The third-order valence-electron chi connectivity index (χ3n) is 8.34. The Hall–Kier alpha value is -4.52. The summed E-state index contributed by atoms with van der Waals surface area (Å²) in [4.78, 5) is 37.4. The SMILES string of the molecule is Cc1c(NC(=O)c2ccc(C(C)(C)C)cc2)cccc1-c1ccnc(Nc2ccc(C(=O)N3[C@H](C)CCC[C@@H]3C)cc2)n1. The summed E-state index contributed by atoms with van der Waals surface area (Å²) in [5.41, 5.74) is 6.57. The summed E-state index contributed by atoms with van der Waals surface area (Å²) in [5.74, 6) is 0.369. The third-order valence-corrected chi connectivity index (χ3v) is 8.34. The number of piperidine rings is 1. The fourth-order valence-electron chi connectivity index (χ4n) is 5.73. The number of benzene rings is 3. The predicted octanol–water partition coefficient (Wildman–Crippen LogP) is 8.15. The molecule has 1 saturated heterocycles. The second-order valence-corrected chi connectivity index (χ2v) is 12.6. The molecule has 3 aromatic carbocycles. The number of aromatic nitrogens is 2. The van der Waals surface area contributed by atoms with E-state index in [4.69, 9.17) is 4.98 Å². The van der Waals surface area contributed by atoms with Crippen molar-refractivity contribution in [1.82, 2.24) is 14.9 Å². The summed E-state index contributed by atoms with van der Waals surface area (Å²) in [7, 11) is 0. The molecule has 7 heteroatoms. The first-order valence-corrected chi connectivity index (χ1v) is 15.1. The molecule has 5 rings (SSSR count). The molecule has 222 valence electrons. The minimum atomic E-state index is -0.156. The maximum Gasteiger partial charge on any atom is 0.255 e. The zero-order valence-corrected chi connectivity index (χ0v) is 25.9. The Morgan fingerprint density at radius 1 is 0.860 bits per heavy atom. The molecule has 7 nitrogen and oxygen atoms in total. The molecule has 0 spiro atoms. The summed E-state index contributed by atoms with van der Waals surface area (Å²) >= 11 is 0. The minimum absolute atomic E-state index is 0.0260. The Morgan fingerprint density at radius 2 is 1.51 bits per heavy atom. The first-order valence-electron chi connectivity index (χ1n) is 15.1. The predicted molar refractivity (Wildman–Crippen MR) is 174 cm³/mol. The Kier molecular flexibility index (Phi) is 8.62. The van der Waals surface area contributed by atoms with Crippen LogP contribution >= 0.6 is 0 Å². The fraction of sp³-hybridized carbons (Fsp3) is 0.333. The highest BCUT2D eigenvalue weighted by molar-refractivity contribution is 6.05. The number of hydrogen-bond donors (Lipinski definition) is 2. The van der Waals surface area contributed by atoms with E-state index in [1.165, 1.54) is 12.0 Å². The van der Waals surface area contributed by atoms with Crippen LogP contribution in [0.15, 0.2) is 79.0 Å². The van der Waals surface area contributed by atoms with E-state index in [0.29, 0.717) is 17.1 Å². The van der Waals surface area contributed by atoms with E-state index in [9.17, 15) is 9.59 Å². The standard InChI is InChI=1S/C36H41N5O2/c1-23-9-7-10-24(2)41(23)34(43)27-15-19-29(20-16-27)38-35-37-22-21-32(40-35)30-11-8-12-31(25(30)3)39-33(42)26-13-17-28(18-14-26)36(4,5)6/h8,11-24H,7,9-10H2,1-6H3,(H,39,42)(H,37,38,40)/t23-,24+. The van der Waals surface area contributed by atoms with Gasteiger partial charge in [0.1, 0.15) is 0 Å². The summed E-state index contributed by atoms with van der Waals surface area (Å²) in [6.45, 7) is 12.7. The number of carbonyl (C=O) groups is 2. The Balaban J connectivity index is 1.29. The van der Waals surface area contributed by atoms with Crippen LogP contribution < -0.4 is 10.6 Å². The molecule has 1 aromatic heterocycles. The zero-order valence-electron chi connectivity index (χ0n) is 25.9. The first-order chi connectivity index (χ1) is 20.5. The molecule has 1 aliphatic heterocycles. The van der Waals surface area contributed by atoms with Crippen LogP contribution in [0, 0.1) is 6.92 Å². The smallest absolute Gasteiger partial charge is 0.255 e. The highest BCUT2D eigenvalue weighted by atomic mass is 16.2. The molecule has 0 saturated carbocycles. The van der Waals surface area contributed by atoms with Crippen LogP contribution in [0.4, 0.5) is 17.3 Å². The van der Waals surface area contributed by atoms with Gasteiger partial charge in [-0.05, 0) is 105 Å². The fourth-order valence-corrected chi connectivity index (χ4v) is 5.73. The van der Waals surface area contributed by atoms with Crippen LogP contribution in [0.25, 0.3) is 11.3 Å². The molecular weight excluding hydrogens is 534 g/mol. The van der Waals surface area contributed by atoms with Gasteiger partial charge >= 0.3 is 0 Å². The number of nitrogens with one attached hydrogen (secondary N) is 2. The van der Waals surface area contributed by atoms with E-state index in [0.717, 1.165) is 41.0 Å². The maximum absolute atomic E-state index is 13.2. The van der Waals surface area contributed by atoms with E-state index >= 15 is 0 Å². The molecule has 2 heterocycles. The van der Waals surface area contributed by atoms with Gasteiger partial charge in [-0.25, -0.2) is 9.97 Å². The van der Waals surface area contributed by atoms with E-state index in [-0.39, 0.29) is 29.3 Å². The van der Waals surface area contributed by atoms with Crippen molar-refractivity contribution >= 4 is 29.1 Å². The Labute approximate surface area is 254 Å². The number of hydrogen-bond acceptors (Lipinski definition) is 5. The van der Waals surface area contributed by atoms with E-state index in [1.54, 1.807) is 6.20 Å². The third kappa shape index (κ3) is 6.77. The summed E-state index contributed by atoms with van der Waals surface area (Å²) in [6, 6.07) is 23.4. The monoisotopic (exact) mass is 575 g/mol. The molecule has 43 heavy (non-hydrogen) atoms. The van der Waals surface area contributed by atoms with Crippen LogP contribution in [0.5, 0.6) is 0 Å². The lowest BCUT2D eigenvalue weighted by Gasteiger charge is -2.39. The van der Waals surface area contributed by atoms with Gasteiger partial charge in [0.2, 0.25) is 5.95 Å². The van der Waals surface area contributed by atoms with Crippen molar-refractivity contribution in [3.63, 3.8) is 0 Å². The Bertz CT molecular complexity index is 1600. The Morgan fingerprint density at radius 3 is 2.16 bits per heavy atom. The lowest BCUT2D eigenvalue weighted by atomic mass is 9.86. The van der Waals surface area contributed by atoms with Crippen molar-refractivity contribution in [3.8, 4) is 11.3 Å². The van der Waals surface area contributed by atoms with E-state index < -0.39 is 0 Å². The number of carbonyl (C=O) groups excluding carboxylic acids is 2. The first kappa shape index (κ1) is 30.0. The average Bonchev–Trinajstić information content (AvgIpc) is 2.98. The number of amides is 2. The molecular formula is C36H41N5O2. The van der Waals surface area contributed by atoms with Gasteiger partial charge in [-0.2, -0.15) is 0 Å². The lowest BCUT2D eigenvalue weighted by molar-refractivity contribution is 0.0510. The minimum Gasteiger partial charge on any atom is -0.333 e. The molecule has 1 aliphatic rings. The van der Waals surface area contributed by atoms with Gasteiger partial charge in [0, 0.05) is 46.3 Å². The number of anilines is 3. The second kappa shape index (κ2) is 12.4. The van der Waals surface area contributed by atoms with Crippen LogP contribution in [0.3, 0.4) is 0 Å². The van der Waals surface area contributed by atoms with Crippen molar-refractivity contribution < 1.29 is 9.59 Å². The highest BCUT2D eigenvalue weighted by Gasteiger charge is 2.29. The van der Waals surface area contributed by atoms with Crippen LogP contribution in [0.2, 0.25) is 0 Å². The van der Waals surface area contributed by atoms with Crippen LogP contribution in [-0.2, 0) is 5.41 Å². The van der Waals surface area contributed by atoms with Gasteiger partial charge in [0.05, 0.1) is 5.69 Å². The topological polar surface area (TPSA) is 87.2 Å². The molecule has 1 fully saturated rings. The van der Waals surface area contributed by atoms with E-state index in [1.807, 2.05) is 84.6 Å². The van der Waals surface area contributed by atoms with Gasteiger partial charge in [-0.15, -0.1) is 0 Å². The molecule has 0 radical (unpaired) electrons. The number of nitrogens with zero attached hydrogens (tertiary/aromatic N) is 3. The largest absolute Gasteiger partial charge is 0.333 e. The van der Waals surface area contributed by atoms with Crippen molar-refractivity contribution in [2.24, 2.45) is 0 Å². The number of rotatable bonds is 6. The van der Waals surface area contributed by atoms with Gasteiger partial charge < -0.3 is 15.5 Å².